The molecule has 20 heavy (non-hydrogen) atoms. The first kappa shape index (κ1) is 21.7. The van der Waals surface area contributed by atoms with E-state index in [1.165, 1.54) is 0 Å². The summed E-state index contributed by atoms with van der Waals surface area (Å²) in [5, 5.41) is 8.70. The van der Waals surface area contributed by atoms with Crippen molar-refractivity contribution in [3.8, 4) is 0 Å². The lowest BCUT2D eigenvalue weighted by molar-refractivity contribution is -0.138. The molecule has 0 atom stereocenters. The van der Waals surface area contributed by atoms with Crippen LogP contribution in [0.25, 0.3) is 0 Å². The second-order valence-electron chi connectivity index (χ2n) is 4.27. The molecule has 116 valence electrons. The maximum Gasteiger partial charge on any atom is 0.317 e. The highest BCUT2D eigenvalue weighted by atomic mass is 35.5. The van der Waals surface area contributed by atoms with Crippen LogP contribution in [-0.2, 0) is 11.3 Å². The molecule has 0 spiro atoms. The van der Waals surface area contributed by atoms with Crippen molar-refractivity contribution in [2.45, 2.75) is 6.54 Å². The average Bonchev–Trinajstić information content (AvgIpc) is 2.32. The Balaban J connectivity index is 0. The van der Waals surface area contributed by atoms with Crippen LogP contribution in [0.15, 0.2) is 24.4 Å². The minimum absolute atomic E-state index is 0. The van der Waals surface area contributed by atoms with Crippen molar-refractivity contribution in [2.24, 2.45) is 0 Å². The second kappa shape index (κ2) is 11.1. The molecule has 0 unspecified atom stereocenters. The number of piperazine rings is 1. The molecule has 0 aromatic carbocycles. The molecule has 1 saturated heterocycles. The van der Waals surface area contributed by atoms with Gasteiger partial charge in [-0.15, -0.1) is 37.2 Å². The van der Waals surface area contributed by atoms with Crippen LogP contribution in [0.3, 0.4) is 0 Å². The zero-order valence-corrected chi connectivity index (χ0v) is 13.4. The van der Waals surface area contributed by atoms with Gasteiger partial charge in [0.25, 0.3) is 0 Å². The second-order valence-corrected chi connectivity index (χ2v) is 4.27. The van der Waals surface area contributed by atoms with Gasteiger partial charge in [0.05, 0.1) is 12.2 Å². The number of pyridine rings is 1. The molecule has 1 aromatic rings. The van der Waals surface area contributed by atoms with Gasteiger partial charge in [0.15, 0.2) is 0 Å². The summed E-state index contributed by atoms with van der Waals surface area (Å²) >= 11 is 0. The Morgan fingerprint density at radius 1 is 1.10 bits per heavy atom. The Bertz CT molecular complexity index is 373. The van der Waals surface area contributed by atoms with E-state index in [4.69, 9.17) is 5.11 Å². The van der Waals surface area contributed by atoms with Gasteiger partial charge in [0.2, 0.25) is 0 Å². The molecule has 2 heterocycles. The number of nitrogens with zero attached hydrogens (tertiary/aromatic N) is 3. The van der Waals surface area contributed by atoms with E-state index < -0.39 is 5.97 Å². The minimum atomic E-state index is -0.747. The highest BCUT2D eigenvalue weighted by Gasteiger charge is 2.18. The third kappa shape index (κ3) is 7.26. The van der Waals surface area contributed by atoms with E-state index in [-0.39, 0.29) is 43.8 Å². The third-order valence-electron chi connectivity index (χ3n) is 2.94. The van der Waals surface area contributed by atoms with Gasteiger partial charge in [-0.3, -0.25) is 19.6 Å². The van der Waals surface area contributed by atoms with Gasteiger partial charge in [-0.2, -0.15) is 0 Å². The molecule has 1 fully saturated rings. The Hall–Kier alpha value is -0.590. The quantitative estimate of drug-likeness (QED) is 0.898. The monoisotopic (exact) mass is 343 g/mol. The summed E-state index contributed by atoms with van der Waals surface area (Å²) in [5.74, 6) is -0.747. The fraction of sp³-hybridized carbons (Fsp3) is 0.500. The summed E-state index contributed by atoms with van der Waals surface area (Å²) in [5.41, 5.74) is 1.07. The number of hydrogen-bond donors (Lipinski definition) is 1. The van der Waals surface area contributed by atoms with Crippen LogP contribution in [0.4, 0.5) is 0 Å². The molecule has 0 bridgehead atoms. The largest absolute Gasteiger partial charge is 0.480 e. The molecule has 5 nitrogen and oxygen atoms in total. The molecule has 1 N–H and O–H groups in total. The molecule has 8 heteroatoms. The number of carbonyl (C=O) groups is 1. The summed E-state index contributed by atoms with van der Waals surface area (Å²) in [7, 11) is 0. The number of aromatic nitrogens is 1. The fourth-order valence-electron chi connectivity index (χ4n) is 2.02. The normalized spacial score (nSPS) is 15.4. The van der Waals surface area contributed by atoms with Gasteiger partial charge in [-0.05, 0) is 12.1 Å². The Labute approximate surface area is 137 Å². The fourth-order valence-corrected chi connectivity index (χ4v) is 2.02. The molecule has 0 radical (unpaired) electrons. The van der Waals surface area contributed by atoms with E-state index in [9.17, 15) is 4.79 Å². The summed E-state index contributed by atoms with van der Waals surface area (Å²) < 4.78 is 0. The molecular weight excluding hydrogens is 325 g/mol. The summed E-state index contributed by atoms with van der Waals surface area (Å²) in [6.45, 7) is 4.45. The number of aliphatic carboxylic acids is 1. The van der Waals surface area contributed by atoms with E-state index in [1.54, 1.807) is 6.20 Å². The van der Waals surface area contributed by atoms with Gasteiger partial charge in [-0.25, -0.2) is 0 Å². The van der Waals surface area contributed by atoms with Crippen molar-refractivity contribution < 1.29 is 9.90 Å². The number of halogens is 3. The lowest BCUT2D eigenvalue weighted by atomic mass is 10.2. The highest BCUT2D eigenvalue weighted by molar-refractivity contribution is 5.86. The van der Waals surface area contributed by atoms with E-state index in [0.717, 1.165) is 38.4 Å². The Morgan fingerprint density at radius 2 is 1.70 bits per heavy atom. The highest BCUT2D eigenvalue weighted by Crippen LogP contribution is 2.06. The average molecular weight is 345 g/mol. The number of carboxylic acids is 1. The van der Waals surface area contributed by atoms with Crippen LogP contribution in [0.1, 0.15) is 5.69 Å². The van der Waals surface area contributed by atoms with Crippen molar-refractivity contribution in [1.82, 2.24) is 14.8 Å². The van der Waals surface area contributed by atoms with Crippen molar-refractivity contribution >= 4 is 43.2 Å². The number of rotatable bonds is 4. The Kier molecular flexibility index (Phi) is 12.1. The van der Waals surface area contributed by atoms with E-state index >= 15 is 0 Å². The summed E-state index contributed by atoms with van der Waals surface area (Å²) in [6, 6.07) is 5.92. The zero-order chi connectivity index (χ0) is 12.1. The maximum atomic E-state index is 10.6. The molecule has 0 amide bonds. The van der Waals surface area contributed by atoms with Crippen molar-refractivity contribution in [3.05, 3.63) is 30.1 Å². The molecule has 1 aliphatic rings. The standard InChI is InChI=1S/C12H17N3O2.3ClH/c16-12(17)10-15-7-5-14(6-8-15)9-11-3-1-2-4-13-11;;;/h1-4H,5-10H2,(H,16,17);3*1H. The number of carboxylic acid groups (broad SMARTS) is 1. The molecule has 1 aromatic heterocycles. The van der Waals surface area contributed by atoms with Crippen LogP contribution in [0.2, 0.25) is 0 Å². The van der Waals surface area contributed by atoms with Gasteiger partial charge in [0, 0.05) is 38.9 Å². The lowest BCUT2D eigenvalue weighted by Crippen LogP contribution is -2.47. The summed E-state index contributed by atoms with van der Waals surface area (Å²) in [4.78, 5) is 19.1. The van der Waals surface area contributed by atoms with E-state index in [2.05, 4.69) is 9.88 Å². The maximum absolute atomic E-state index is 10.6. The molecule has 2 rings (SSSR count). The smallest absolute Gasteiger partial charge is 0.317 e. The predicted octanol–water partition coefficient (Wildman–Crippen LogP) is 1.55. The number of hydrogen-bond acceptors (Lipinski definition) is 4. The van der Waals surface area contributed by atoms with Crippen LogP contribution in [0.5, 0.6) is 0 Å². The van der Waals surface area contributed by atoms with Crippen molar-refractivity contribution in [3.63, 3.8) is 0 Å². The predicted molar refractivity (Wildman–Crippen MR) is 85.3 cm³/mol. The SMILES string of the molecule is Cl.Cl.Cl.O=C(O)CN1CCN(Cc2ccccn2)CC1. The lowest BCUT2D eigenvalue weighted by Gasteiger charge is -2.33. The zero-order valence-electron chi connectivity index (χ0n) is 11.0. The summed E-state index contributed by atoms with van der Waals surface area (Å²) in [6.07, 6.45) is 1.80. The first-order valence-electron chi connectivity index (χ1n) is 5.80. The van der Waals surface area contributed by atoms with Crippen LogP contribution in [0, 0.1) is 0 Å². The van der Waals surface area contributed by atoms with Crippen LogP contribution >= 0.6 is 37.2 Å². The molecule has 0 aliphatic carbocycles. The van der Waals surface area contributed by atoms with E-state index in [1.807, 2.05) is 23.1 Å². The third-order valence-corrected chi connectivity index (χ3v) is 2.94. The van der Waals surface area contributed by atoms with Gasteiger partial charge in [0.1, 0.15) is 0 Å². The van der Waals surface area contributed by atoms with Crippen molar-refractivity contribution in [1.29, 1.82) is 0 Å². The Morgan fingerprint density at radius 3 is 2.20 bits per heavy atom. The topological polar surface area (TPSA) is 56.7 Å². The molecule has 0 saturated carbocycles. The first-order chi connectivity index (χ1) is 8.24. The van der Waals surface area contributed by atoms with E-state index in [0.29, 0.717) is 0 Å². The van der Waals surface area contributed by atoms with Crippen LogP contribution in [-0.4, -0.2) is 58.6 Å². The van der Waals surface area contributed by atoms with Gasteiger partial charge >= 0.3 is 5.97 Å². The van der Waals surface area contributed by atoms with Gasteiger partial charge in [-0.1, -0.05) is 6.07 Å². The molecular formula is C12H20Cl3N3O2. The van der Waals surface area contributed by atoms with Crippen LogP contribution < -0.4 is 0 Å². The molecule has 1 aliphatic heterocycles. The van der Waals surface area contributed by atoms with Gasteiger partial charge < -0.3 is 5.11 Å². The minimum Gasteiger partial charge on any atom is -0.480 e. The first-order valence-corrected chi connectivity index (χ1v) is 5.80. The van der Waals surface area contributed by atoms with Crippen molar-refractivity contribution in [2.75, 3.05) is 32.7 Å².